The van der Waals surface area contributed by atoms with Crippen molar-refractivity contribution >= 4 is 23.4 Å². The molecule has 0 spiro atoms. The van der Waals surface area contributed by atoms with Gasteiger partial charge < -0.3 is 10.1 Å². The summed E-state index contributed by atoms with van der Waals surface area (Å²) in [5.41, 5.74) is 2.94. The van der Waals surface area contributed by atoms with Crippen LogP contribution in [-0.2, 0) is 4.74 Å². The normalized spacial score (nSPS) is 17.8. The summed E-state index contributed by atoms with van der Waals surface area (Å²) in [7, 11) is 0. The fourth-order valence-corrected chi connectivity index (χ4v) is 3.99. The quantitative estimate of drug-likeness (QED) is 0.622. The molecule has 0 saturated carbocycles. The third-order valence-corrected chi connectivity index (χ3v) is 5.59. The summed E-state index contributed by atoms with van der Waals surface area (Å²) in [6.07, 6.45) is 3.17. The highest BCUT2D eigenvalue weighted by molar-refractivity contribution is 6.22. The maximum Gasteiger partial charge on any atom is 0.261 e. The van der Waals surface area contributed by atoms with Gasteiger partial charge in [0.2, 0.25) is 0 Å². The summed E-state index contributed by atoms with van der Waals surface area (Å²) < 4.78 is 5.56. The number of hydrogen-bond acceptors (Lipinski definition) is 5. The van der Waals surface area contributed by atoms with Crippen LogP contribution in [0.4, 0.5) is 5.69 Å². The number of benzene rings is 2. The predicted octanol–water partition coefficient (Wildman–Crippen LogP) is 3.10. The second-order valence-corrected chi connectivity index (χ2v) is 7.60. The second kappa shape index (κ2) is 7.81. The van der Waals surface area contributed by atoms with Gasteiger partial charge in [-0.25, -0.2) is 0 Å². The molecule has 1 atom stereocenters. The predicted molar refractivity (Wildman–Crippen MR) is 113 cm³/mol. The molecule has 3 aromatic rings. The van der Waals surface area contributed by atoms with Crippen molar-refractivity contribution in [2.24, 2.45) is 0 Å². The fraction of sp³-hybridized carbons (Fsp3) is 0.217. The Kier molecular flexibility index (Phi) is 4.83. The average molecular weight is 416 g/mol. The number of aromatic amines is 1. The third kappa shape index (κ3) is 3.51. The van der Waals surface area contributed by atoms with E-state index in [9.17, 15) is 14.4 Å². The molecule has 1 aromatic heterocycles. The number of carbonyl (C=O) groups is 3. The number of H-pyrrole nitrogens is 1. The number of hydrogen-bond donors (Lipinski definition) is 2. The number of imide groups is 1. The van der Waals surface area contributed by atoms with E-state index in [-0.39, 0.29) is 30.0 Å². The molecule has 0 bridgehead atoms. The molecule has 8 heteroatoms. The fourth-order valence-electron chi connectivity index (χ4n) is 3.99. The van der Waals surface area contributed by atoms with Crippen LogP contribution in [0.25, 0.3) is 11.3 Å². The number of nitrogens with zero attached hydrogens (tertiary/aromatic N) is 2. The van der Waals surface area contributed by atoms with E-state index in [0.29, 0.717) is 29.1 Å². The standard InChI is InChI=1S/C23H20N4O4/c28-21(25-19-12-24-26-20(19)14-5-2-1-3-6-14)15-8-9-17-18(11-15)23(30)27(22(17)29)13-16-7-4-10-31-16/h1-3,5-6,8-9,11-12,16H,4,7,10,13H2,(H,24,26)(H,25,28). The van der Waals surface area contributed by atoms with Gasteiger partial charge in [0.05, 0.1) is 41.4 Å². The van der Waals surface area contributed by atoms with Crippen molar-refractivity contribution in [3.8, 4) is 11.3 Å². The van der Waals surface area contributed by atoms with Crippen molar-refractivity contribution < 1.29 is 19.1 Å². The zero-order valence-corrected chi connectivity index (χ0v) is 16.6. The molecule has 0 radical (unpaired) electrons. The molecule has 2 aliphatic rings. The minimum absolute atomic E-state index is 0.123. The summed E-state index contributed by atoms with van der Waals surface area (Å²) in [4.78, 5) is 39.6. The van der Waals surface area contributed by atoms with E-state index in [1.54, 1.807) is 6.07 Å². The Morgan fingerprint density at radius 3 is 2.71 bits per heavy atom. The molecule has 1 saturated heterocycles. The van der Waals surface area contributed by atoms with E-state index in [1.807, 2.05) is 30.3 Å². The Hall–Kier alpha value is -3.78. The van der Waals surface area contributed by atoms with Crippen molar-refractivity contribution in [1.82, 2.24) is 15.1 Å². The SMILES string of the molecule is O=C(Nc1cn[nH]c1-c1ccccc1)c1ccc2c(c1)C(=O)N(CC1CCCO1)C2=O. The maximum atomic E-state index is 12.9. The van der Waals surface area contributed by atoms with Gasteiger partial charge in [0.1, 0.15) is 0 Å². The van der Waals surface area contributed by atoms with Crippen molar-refractivity contribution in [3.63, 3.8) is 0 Å². The molecule has 5 rings (SSSR count). The summed E-state index contributed by atoms with van der Waals surface area (Å²) in [5, 5.41) is 9.75. The molecule has 3 heterocycles. The van der Waals surface area contributed by atoms with Crippen LogP contribution in [0.3, 0.4) is 0 Å². The lowest BCUT2D eigenvalue weighted by molar-refractivity contribution is 0.0475. The third-order valence-electron chi connectivity index (χ3n) is 5.59. The van der Waals surface area contributed by atoms with Gasteiger partial charge in [-0.3, -0.25) is 24.4 Å². The van der Waals surface area contributed by atoms with Crippen molar-refractivity contribution in [2.75, 3.05) is 18.5 Å². The Bertz CT molecular complexity index is 1170. The van der Waals surface area contributed by atoms with Crippen LogP contribution in [0.15, 0.2) is 54.7 Å². The first kappa shape index (κ1) is 19.2. The number of rotatable bonds is 5. The lowest BCUT2D eigenvalue weighted by Crippen LogP contribution is -2.36. The van der Waals surface area contributed by atoms with Gasteiger partial charge in [-0.1, -0.05) is 30.3 Å². The smallest absolute Gasteiger partial charge is 0.261 e. The number of nitrogens with one attached hydrogen (secondary N) is 2. The molecule has 156 valence electrons. The first-order chi connectivity index (χ1) is 15.1. The molecule has 1 fully saturated rings. The summed E-state index contributed by atoms with van der Waals surface area (Å²) in [6, 6.07) is 14.1. The summed E-state index contributed by atoms with van der Waals surface area (Å²) in [5.74, 6) is -1.12. The van der Waals surface area contributed by atoms with Gasteiger partial charge in [-0.15, -0.1) is 0 Å². The largest absolute Gasteiger partial charge is 0.376 e. The number of aromatic nitrogens is 2. The molecule has 3 amide bonds. The summed E-state index contributed by atoms with van der Waals surface area (Å²) >= 11 is 0. The highest BCUT2D eigenvalue weighted by Crippen LogP contribution is 2.28. The zero-order valence-electron chi connectivity index (χ0n) is 16.6. The number of ether oxygens (including phenoxy) is 1. The van der Waals surface area contributed by atoms with Crippen LogP contribution in [0.1, 0.15) is 43.9 Å². The number of carbonyl (C=O) groups excluding carboxylic acids is 3. The maximum absolute atomic E-state index is 12.9. The van der Waals surface area contributed by atoms with Crippen molar-refractivity contribution in [3.05, 3.63) is 71.4 Å². The zero-order chi connectivity index (χ0) is 21.4. The lowest BCUT2D eigenvalue weighted by atomic mass is 10.0. The molecule has 2 aromatic carbocycles. The molecular formula is C23H20N4O4. The van der Waals surface area contributed by atoms with E-state index < -0.39 is 5.91 Å². The van der Waals surface area contributed by atoms with Gasteiger partial charge in [0, 0.05) is 17.7 Å². The highest BCUT2D eigenvalue weighted by Gasteiger charge is 2.38. The van der Waals surface area contributed by atoms with Crippen molar-refractivity contribution in [1.29, 1.82) is 0 Å². The molecule has 31 heavy (non-hydrogen) atoms. The van der Waals surface area contributed by atoms with Crippen LogP contribution < -0.4 is 5.32 Å². The Morgan fingerprint density at radius 2 is 1.94 bits per heavy atom. The van der Waals surface area contributed by atoms with E-state index in [0.717, 1.165) is 18.4 Å². The number of anilines is 1. The van der Waals surface area contributed by atoms with Crippen LogP contribution in [-0.4, -0.2) is 52.1 Å². The average Bonchev–Trinajstić information content (AvgIpc) is 3.52. The lowest BCUT2D eigenvalue weighted by Gasteiger charge is -2.17. The molecular weight excluding hydrogens is 396 g/mol. The molecule has 2 N–H and O–H groups in total. The number of amides is 3. The van der Waals surface area contributed by atoms with Crippen LogP contribution >= 0.6 is 0 Å². The molecule has 8 nitrogen and oxygen atoms in total. The molecule has 2 aliphatic heterocycles. The van der Waals surface area contributed by atoms with Gasteiger partial charge in [-0.05, 0) is 31.0 Å². The van der Waals surface area contributed by atoms with E-state index in [2.05, 4.69) is 15.5 Å². The van der Waals surface area contributed by atoms with Gasteiger partial charge >= 0.3 is 0 Å². The Balaban J connectivity index is 1.36. The van der Waals surface area contributed by atoms with E-state index in [1.165, 1.54) is 23.2 Å². The first-order valence-corrected chi connectivity index (χ1v) is 10.1. The molecule has 1 unspecified atom stereocenters. The van der Waals surface area contributed by atoms with Crippen LogP contribution in [0.5, 0.6) is 0 Å². The van der Waals surface area contributed by atoms with Gasteiger partial charge in [-0.2, -0.15) is 5.10 Å². The van der Waals surface area contributed by atoms with Gasteiger partial charge in [0.25, 0.3) is 17.7 Å². The van der Waals surface area contributed by atoms with Crippen molar-refractivity contribution in [2.45, 2.75) is 18.9 Å². The monoisotopic (exact) mass is 416 g/mol. The van der Waals surface area contributed by atoms with Crippen LogP contribution in [0, 0.1) is 0 Å². The van der Waals surface area contributed by atoms with E-state index in [4.69, 9.17) is 4.74 Å². The topological polar surface area (TPSA) is 104 Å². The minimum Gasteiger partial charge on any atom is -0.376 e. The second-order valence-electron chi connectivity index (χ2n) is 7.60. The van der Waals surface area contributed by atoms with E-state index >= 15 is 0 Å². The highest BCUT2D eigenvalue weighted by atomic mass is 16.5. The van der Waals surface area contributed by atoms with Gasteiger partial charge in [0.15, 0.2) is 0 Å². The number of fused-ring (bicyclic) bond motifs is 1. The minimum atomic E-state index is -0.390. The first-order valence-electron chi connectivity index (χ1n) is 10.1. The summed E-state index contributed by atoms with van der Waals surface area (Å²) in [6.45, 7) is 0.889. The van der Waals surface area contributed by atoms with Crippen LogP contribution in [0.2, 0.25) is 0 Å². The Labute approximate surface area is 178 Å². The Morgan fingerprint density at radius 1 is 1.13 bits per heavy atom. The molecule has 0 aliphatic carbocycles.